The van der Waals surface area contributed by atoms with E-state index in [4.69, 9.17) is 16.6 Å². The van der Waals surface area contributed by atoms with Gasteiger partial charge in [-0.1, -0.05) is 79.7 Å². The standard InChI is InChI=1S/C25H23ClN4OS/c1-15(2)16-7-9-17(10-8-16)19-11-22-20(23(31)12-19)13-30-24(27-22)28-25(29-30)32-14-18-5-3-4-6-21(18)26/h3-10,13,15,19H,11-12,14H2,1-2H3/t19-/m1/s1. The molecule has 0 unspecified atom stereocenters. The second kappa shape index (κ2) is 8.68. The number of fused-ring (bicyclic) bond motifs is 2. The van der Waals surface area contributed by atoms with Crippen molar-refractivity contribution in [1.29, 1.82) is 0 Å². The minimum atomic E-state index is 0.111. The Morgan fingerprint density at radius 3 is 2.62 bits per heavy atom. The molecule has 2 aromatic carbocycles. The summed E-state index contributed by atoms with van der Waals surface area (Å²) in [6, 6.07) is 16.4. The lowest BCUT2D eigenvalue weighted by molar-refractivity contribution is 0.0962. The molecular formula is C25H23ClN4OS. The van der Waals surface area contributed by atoms with E-state index in [1.165, 1.54) is 22.9 Å². The van der Waals surface area contributed by atoms with E-state index in [1.807, 2.05) is 24.3 Å². The quantitative estimate of drug-likeness (QED) is 0.335. The van der Waals surface area contributed by atoms with Gasteiger partial charge in [0.05, 0.1) is 11.3 Å². The summed E-state index contributed by atoms with van der Waals surface area (Å²) in [5.74, 6) is 1.94. The second-order valence-corrected chi connectivity index (χ2v) is 9.82. The van der Waals surface area contributed by atoms with Gasteiger partial charge in [-0.2, -0.15) is 4.98 Å². The summed E-state index contributed by atoms with van der Waals surface area (Å²) in [6.07, 6.45) is 3.00. The highest BCUT2D eigenvalue weighted by Crippen LogP contribution is 2.33. The molecule has 0 radical (unpaired) electrons. The van der Waals surface area contributed by atoms with E-state index >= 15 is 0 Å². The van der Waals surface area contributed by atoms with Gasteiger partial charge >= 0.3 is 0 Å². The maximum absolute atomic E-state index is 12.9. The molecule has 4 aromatic rings. The monoisotopic (exact) mass is 462 g/mol. The first kappa shape index (κ1) is 21.2. The van der Waals surface area contributed by atoms with Crippen LogP contribution in [-0.2, 0) is 12.2 Å². The molecule has 0 N–H and O–H groups in total. The number of hydrogen-bond acceptors (Lipinski definition) is 5. The largest absolute Gasteiger partial charge is 0.294 e. The highest BCUT2D eigenvalue weighted by molar-refractivity contribution is 7.98. The topological polar surface area (TPSA) is 60.2 Å². The number of Topliss-reactive ketones (excluding diaryl/α,β-unsaturated/α-hetero) is 1. The minimum Gasteiger partial charge on any atom is -0.294 e. The Balaban J connectivity index is 1.38. The highest BCUT2D eigenvalue weighted by Gasteiger charge is 2.28. The van der Waals surface area contributed by atoms with E-state index in [0.717, 1.165) is 22.7 Å². The van der Waals surface area contributed by atoms with Crippen LogP contribution in [0.15, 0.2) is 59.9 Å². The third-order valence-corrected chi connectivity index (χ3v) is 7.21. The smallest absolute Gasteiger partial charge is 0.253 e. The maximum atomic E-state index is 12.9. The first-order valence-corrected chi connectivity index (χ1v) is 12.1. The van der Waals surface area contributed by atoms with Crippen LogP contribution < -0.4 is 0 Å². The van der Waals surface area contributed by atoms with Crippen LogP contribution in [0.5, 0.6) is 0 Å². The number of carbonyl (C=O) groups excluding carboxylic acids is 1. The molecule has 2 heterocycles. The first-order valence-electron chi connectivity index (χ1n) is 10.7. The van der Waals surface area contributed by atoms with Crippen LogP contribution in [0, 0.1) is 0 Å². The molecule has 162 valence electrons. The fraction of sp³-hybridized carbons (Fsp3) is 0.280. The van der Waals surface area contributed by atoms with Crippen LogP contribution in [0.25, 0.3) is 5.78 Å². The molecule has 5 nitrogen and oxygen atoms in total. The van der Waals surface area contributed by atoms with Crippen molar-refractivity contribution in [2.75, 3.05) is 0 Å². The average Bonchev–Trinajstić information content (AvgIpc) is 3.19. The van der Waals surface area contributed by atoms with Gasteiger partial charge in [0.1, 0.15) is 0 Å². The molecule has 0 saturated heterocycles. The van der Waals surface area contributed by atoms with Crippen molar-refractivity contribution in [3.05, 3.63) is 87.7 Å². The SMILES string of the molecule is CC(C)c1ccc([C@H]2CC(=O)c3cn4nc(SCc5ccccc5Cl)nc4nc3C2)cc1. The molecule has 5 rings (SSSR count). The number of nitrogens with zero attached hydrogens (tertiary/aromatic N) is 4. The Morgan fingerprint density at radius 2 is 1.88 bits per heavy atom. The van der Waals surface area contributed by atoms with E-state index in [9.17, 15) is 4.79 Å². The average molecular weight is 463 g/mol. The van der Waals surface area contributed by atoms with Crippen molar-refractivity contribution in [3.63, 3.8) is 0 Å². The Kier molecular flexibility index (Phi) is 5.74. The lowest BCUT2D eigenvalue weighted by atomic mass is 9.81. The van der Waals surface area contributed by atoms with Gasteiger partial charge in [0.2, 0.25) is 5.16 Å². The lowest BCUT2D eigenvalue weighted by Crippen LogP contribution is -2.21. The third kappa shape index (κ3) is 4.17. The first-order chi connectivity index (χ1) is 15.5. The predicted molar refractivity (Wildman–Crippen MR) is 128 cm³/mol. The van der Waals surface area contributed by atoms with E-state index in [0.29, 0.717) is 34.6 Å². The minimum absolute atomic E-state index is 0.111. The van der Waals surface area contributed by atoms with Crippen LogP contribution in [-0.4, -0.2) is 25.4 Å². The number of ketones is 1. The van der Waals surface area contributed by atoms with Crippen LogP contribution in [0.3, 0.4) is 0 Å². The maximum Gasteiger partial charge on any atom is 0.253 e. The highest BCUT2D eigenvalue weighted by atomic mass is 35.5. The number of carbonyl (C=O) groups is 1. The van der Waals surface area contributed by atoms with E-state index in [-0.39, 0.29) is 11.7 Å². The number of benzene rings is 2. The molecule has 7 heteroatoms. The zero-order valence-electron chi connectivity index (χ0n) is 18.0. The van der Waals surface area contributed by atoms with Crippen molar-refractivity contribution < 1.29 is 4.79 Å². The number of thioether (sulfide) groups is 1. The lowest BCUT2D eigenvalue weighted by Gasteiger charge is -2.23. The molecule has 0 aliphatic heterocycles. The summed E-state index contributed by atoms with van der Waals surface area (Å²) in [5.41, 5.74) is 4.99. The van der Waals surface area contributed by atoms with Crippen LogP contribution >= 0.6 is 23.4 Å². The van der Waals surface area contributed by atoms with Gasteiger partial charge < -0.3 is 0 Å². The summed E-state index contributed by atoms with van der Waals surface area (Å²) in [4.78, 5) is 22.2. The van der Waals surface area contributed by atoms with Crippen molar-refractivity contribution in [2.45, 2.75) is 49.4 Å². The fourth-order valence-corrected chi connectivity index (χ4v) is 5.18. The molecule has 2 aromatic heterocycles. The van der Waals surface area contributed by atoms with Gasteiger partial charge in [0.15, 0.2) is 5.78 Å². The predicted octanol–water partition coefficient (Wildman–Crippen LogP) is 6.11. The Bertz CT molecular complexity index is 1300. The van der Waals surface area contributed by atoms with E-state index in [1.54, 1.807) is 10.7 Å². The molecule has 0 amide bonds. The third-order valence-electron chi connectivity index (χ3n) is 5.95. The summed E-state index contributed by atoms with van der Waals surface area (Å²) in [5, 5.41) is 5.86. The summed E-state index contributed by atoms with van der Waals surface area (Å²) in [7, 11) is 0. The zero-order valence-corrected chi connectivity index (χ0v) is 19.5. The van der Waals surface area contributed by atoms with Gasteiger partial charge in [-0.3, -0.25) is 4.79 Å². The Morgan fingerprint density at radius 1 is 1.09 bits per heavy atom. The Hall–Kier alpha value is -2.70. The number of rotatable bonds is 5. The van der Waals surface area contributed by atoms with Crippen LogP contribution in [0.2, 0.25) is 5.02 Å². The molecular weight excluding hydrogens is 440 g/mol. The van der Waals surface area contributed by atoms with Crippen LogP contribution in [0.4, 0.5) is 0 Å². The van der Waals surface area contributed by atoms with Gasteiger partial charge in [0, 0.05) is 23.4 Å². The van der Waals surface area contributed by atoms with E-state index < -0.39 is 0 Å². The van der Waals surface area contributed by atoms with Gasteiger partial charge in [-0.15, -0.1) is 5.10 Å². The van der Waals surface area contributed by atoms with Gasteiger partial charge in [-0.05, 0) is 41.0 Å². The molecule has 1 aliphatic rings. The fourth-order valence-electron chi connectivity index (χ4n) is 4.07. The Labute approximate surface area is 196 Å². The molecule has 0 fully saturated rings. The summed E-state index contributed by atoms with van der Waals surface area (Å²) >= 11 is 7.76. The van der Waals surface area contributed by atoms with Gasteiger partial charge in [0.25, 0.3) is 5.78 Å². The molecule has 1 aliphatic carbocycles. The number of hydrogen-bond donors (Lipinski definition) is 0. The van der Waals surface area contributed by atoms with Crippen molar-refractivity contribution in [2.24, 2.45) is 0 Å². The van der Waals surface area contributed by atoms with Crippen molar-refractivity contribution in [3.8, 4) is 0 Å². The van der Waals surface area contributed by atoms with Crippen molar-refractivity contribution in [1.82, 2.24) is 19.6 Å². The second-order valence-electron chi connectivity index (χ2n) is 8.47. The van der Waals surface area contributed by atoms with E-state index in [2.05, 4.69) is 48.2 Å². The van der Waals surface area contributed by atoms with Crippen molar-refractivity contribution >= 4 is 34.9 Å². The van der Waals surface area contributed by atoms with Crippen LogP contribution in [0.1, 0.15) is 64.8 Å². The summed E-state index contributed by atoms with van der Waals surface area (Å²) < 4.78 is 1.61. The molecule has 0 saturated carbocycles. The molecule has 32 heavy (non-hydrogen) atoms. The summed E-state index contributed by atoms with van der Waals surface area (Å²) in [6.45, 7) is 4.37. The zero-order chi connectivity index (χ0) is 22.2. The molecule has 0 spiro atoms. The normalized spacial score (nSPS) is 16.0. The molecule has 0 bridgehead atoms. The molecule has 1 atom stereocenters. The number of aromatic nitrogens is 4. The number of halogens is 1. The van der Waals surface area contributed by atoms with Gasteiger partial charge in [-0.25, -0.2) is 9.50 Å².